The lowest BCUT2D eigenvalue weighted by Crippen LogP contribution is -2.31. The first kappa shape index (κ1) is 13.2. The third kappa shape index (κ3) is 1.73. The van der Waals surface area contributed by atoms with Crippen molar-refractivity contribution in [2.75, 3.05) is 0 Å². The predicted molar refractivity (Wildman–Crippen MR) is 70.3 cm³/mol. The van der Waals surface area contributed by atoms with Crippen molar-refractivity contribution >= 4 is 23.9 Å². The molecule has 0 spiro atoms. The molecule has 4 rings (SSSR count). The molecule has 2 heterocycles. The summed E-state index contributed by atoms with van der Waals surface area (Å²) in [7, 11) is 0. The number of cyclic esters (lactones) is 4. The Balaban J connectivity index is 1.81. The van der Waals surface area contributed by atoms with Gasteiger partial charge in [-0.3, -0.25) is 19.2 Å². The predicted octanol–water partition coefficient (Wildman–Crippen LogP) is 1.05. The van der Waals surface area contributed by atoms with Crippen LogP contribution in [0.15, 0.2) is 24.3 Å². The molecule has 1 aliphatic carbocycles. The van der Waals surface area contributed by atoms with E-state index < -0.39 is 41.6 Å². The Morgan fingerprint density at radius 2 is 1.45 bits per heavy atom. The molecular weight excluding hydrogens is 288 g/mol. The molecule has 22 heavy (non-hydrogen) atoms. The molecule has 2 saturated heterocycles. The highest BCUT2D eigenvalue weighted by Gasteiger charge is 2.53. The molecule has 0 aromatic heterocycles. The lowest BCUT2D eigenvalue weighted by Gasteiger charge is -2.32. The summed E-state index contributed by atoms with van der Waals surface area (Å²) in [6.45, 7) is 0. The fraction of sp³-hybridized carbons (Fsp3) is 0.375. The maximum absolute atomic E-state index is 11.9. The molecule has 0 bridgehead atoms. The van der Waals surface area contributed by atoms with Gasteiger partial charge in [0.2, 0.25) is 0 Å². The van der Waals surface area contributed by atoms with Crippen LogP contribution in [0.4, 0.5) is 0 Å². The second kappa shape index (κ2) is 4.50. The van der Waals surface area contributed by atoms with Crippen LogP contribution in [0.2, 0.25) is 0 Å². The Labute approximate surface area is 125 Å². The van der Waals surface area contributed by atoms with Gasteiger partial charge < -0.3 is 9.47 Å². The van der Waals surface area contributed by atoms with E-state index in [1.54, 1.807) is 12.1 Å². The van der Waals surface area contributed by atoms with Crippen LogP contribution in [0.5, 0.6) is 0 Å². The third-order valence-electron chi connectivity index (χ3n) is 4.79. The zero-order valence-electron chi connectivity index (χ0n) is 11.5. The van der Waals surface area contributed by atoms with E-state index in [2.05, 4.69) is 4.74 Å². The van der Waals surface area contributed by atoms with Gasteiger partial charge in [-0.2, -0.15) is 0 Å². The van der Waals surface area contributed by atoms with E-state index in [1.165, 1.54) is 0 Å². The second-order valence-electron chi connectivity index (χ2n) is 5.90. The lowest BCUT2D eigenvalue weighted by molar-refractivity contribution is -0.155. The SMILES string of the molecule is O=C1CC(C2CC3C(=O)OC(=O)C3c3ccccc32)C(=O)O1. The average molecular weight is 300 g/mol. The van der Waals surface area contributed by atoms with Crippen LogP contribution in [0.1, 0.15) is 35.8 Å². The Morgan fingerprint density at radius 3 is 2.14 bits per heavy atom. The molecule has 2 fully saturated rings. The number of ether oxygens (including phenoxy) is 2. The van der Waals surface area contributed by atoms with Crippen LogP contribution in [-0.2, 0) is 28.7 Å². The molecule has 2 aliphatic heterocycles. The Hall–Kier alpha value is -2.50. The standard InChI is InChI=1S/C16H12O6/c17-12-6-10(14(18)21-12)9-5-11-13(16(20)22-15(11)19)8-4-2-1-3-7(8)9/h1-4,9-11,13H,5-6H2. The largest absolute Gasteiger partial charge is 0.393 e. The fourth-order valence-electron chi connectivity index (χ4n) is 3.83. The van der Waals surface area contributed by atoms with Gasteiger partial charge in [0.25, 0.3) is 0 Å². The van der Waals surface area contributed by atoms with Crippen LogP contribution in [0.3, 0.4) is 0 Å². The second-order valence-corrected chi connectivity index (χ2v) is 5.90. The van der Waals surface area contributed by atoms with Gasteiger partial charge >= 0.3 is 23.9 Å². The molecular formula is C16H12O6. The minimum atomic E-state index is -0.604. The number of esters is 4. The molecule has 0 amide bonds. The minimum Gasteiger partial charge on any atom is -0.393 e. The number of benzene rings is 1. The topological polar surface area (TPSA) is 86.7 Å². The normalized spacial score (nSPS) is 33.3. The summed E-state index contributed by atoms with van der Waals surface area (Å²) in [5.41, 5.74) is 1.54. The lowest BCUT2D eigenvalue weighted by atomic mass is 9.67. The number of hydrogen-bond acceptors (Lipinski definition) is 6. The molecule has 112 valence electrons. The van der Waals surface area contributed by atoms with Gasteiger partial charge in [-0.1, -0.05) is 24.3 Å². The zero-order valence-corrected chi connectivity index (χ0v) is 11.5. The maximum atomic E-state index is 11.9. The fourth-order valence-corrected chi connectivity index (χ4v) is 3.83. The van der Waals surface area contributed by atoms with Crippen molar-refractivity contribution in [2.45, 2.75) is 24.7 Å². The van der Waals surface area contributed by atoms with Crippen molar-refractivity contribution in [3.05, 3.63) is 35.4 Å². The van der Waals surface area contributed by atoms with Gasteiger partial charge in [-0.05, 0) is 23.5 Å². The Morgan fingerprint density at radius 1 is 0.773 bits per heavy atom. The molecule has 6 nitrogen and oxygen atoms in total. The van der Waals surface area contributed by atoms with E-state index in [0.717, 1.165) is 5.56 Å². The monoisotopic (exact) mass is 300 g/mol. The molecule has 1 aromatic rings. The highest BCUT2D eigenvalue weighted by atomic mass is 16.6. The molecule has 4 unspecified atom stereocenters. The van der Waals surface area contributed by atoms with Gasteiger partial charge in [0.1, 0.15) is 0 Å². The van der Waals surface area contributed by atoms with E-state index >= 15 is 0 Å². The maximum Gasteiger partial charge on any atom is 0.321 e. The van der Waals surface area contributed by atoms with E-state index in [4.69, 9.17) is 4.74 Å². The van der Waals surface area contributed by atoms with E-state index in [1.807, 2.05) is 12.1 Å². The quantitative estimate of drug-likeness (QED) is 0.569. The summed E-state index contributed by atoms with van der Waals surface area (Å²) in [5, 5.41) is 0. The van der Waals surface area contributed by atoms with Gasteiger partial charge in [0, 0.05) is 0 Å². The Kier molecular flexibility index (Phi) is 2.69. The average Bonchev–Trinajstić information content (AvgIpc) is 2.97. The molecule has 1 aromatic carbocycles. The molecule has 6 heteroatoms. The van der Waals surface area contributed by atoms with E-state index in [0.29, 0.717) is 12.0 Å². The van der Waals surface area contributed by atoms with Crippen LogP contribution in [0.25, 0.3) is 0 Å². The smallest absolute Gasteiger partial charge is 0.321 e. The van der Waals surface area contributed by atoms with Gasteiger partial charge in [0.05, 0.1) is 24.2 Å². The number of rotatable bonds is 1. The highest BCUT2D eigenvalue weighted by molar-refractivity contribution is 6.01. The summed E-state index contributed by atoms with van der Waals surface area (Å²) in [6.07, 6.45) is 0.331. The van der Waals surface area contributed by atoms with Gasteiger partial charge in [0.15, 0.2) is 0 Å². The summed E-state index contributed by atoms with van der Waals surface area (Å²) < 4.78 is 9.40. The van der Waals surface area contributed by atoms with Crippen LogP contribution < -0.4 is 0 Å². The zero-order chi connectivity index (χ0) is 15.4. The molecule has 4 atom stereocenters. The van der Waals surface area contributed by atoms with Crippen LogP contribution in [-0.4, -0.2) is 23.9 Å². The van der Waals surface area contributed by atoms with Crippen molar-refractivity contribution in [1.82, 2.24) is 0 Å². The van der Waals surface area contributed by atoms with Crippen molar-refractivity contribution in [1.29, 1.82) is 0 Å². The first-order valence-corrected chi connectivity index (χ1v) is 7.15. The van der Waals surface area contributed by atoms with Crippen LogP contribution >= 0.6 is 0 Å². The number of fused-ring (bicyclic) bond motifs is 3. The molecule has 0 radical (unpaired) electrons. The Bertz CT molecular complexity index is 721. The summed E-state index contributed by atoms with van der Waals surface area (Å²) in [5.74, 6) is -4.28. The van der Waals surface area contributed by atoms with Crippen molar-refractivity contribution < 1.29 is 28.7 Å². The number of hydrogen-bond donors (Lipinski definition) is 0. The summed E-state index contributed by atoms with van der Waals surface area (Å²) in [4.78, 5) is 47.1. The number of carbonyl (C=O) groups is 4. The van der Waals surface area contributed by atoms with Crippen molar-refractivity contribution in [3.8, 4) is 0 Å². The van der Waals surface area contributed by atoms with E-state index in [-0.39, 0.29) is 12.3 Å². The highest BCUT2D eigenvalue weighted by Crippen LogP contribution is 2.50. The van der Waals surface area contributed by atoms with Crippen molar-refractivity contribution in [3.63, 3.8) is 0 Å². The minimum absolute atomic E-state index is 0.0121. The van der Waals surface area contributed by atoms with Crippen molar-refractivity contribution in [2.24, 2.45) is 11.8 Å². The first-order valence-electron chi connectivity index (χ1n) is 7.15. The first-order chi connectivity index (χ1) is 10.6. The van der Waals surface area contributed by atoms with E-state index in [9.17, 15) is 19.2 Å². The summed E-state index contributed by atoms with van der Waals surface area (Å²) >= 11 is 0. The molecule has 0 N–H and O–H groups in total. The summed E-state index contributed by atoms with van der Waals surface area (Å²) in [6, 6.07) is 7.21. The van der Waals surface area contributed by atoms with Gasteiger partial charge in [-0.25, -0.2) is 0 Å². The number of carbonyl (C=O) groups excluding carboxylic acids is 4. The molecule has 0 saturated carbocycles. The third-order valence-corrected chi connectivity index (χ3v) is 4.79. The van der Waals surface area contributed by atoms with Gasteiger partial charge in [-0.15, -0.1) is 0 Å². The van der Waals surface area contributed by atoms with Crippen LogP contribution in [0, 0.1) is 11.8 Å². The molecule has 3 aliphatic rings.